The topological polar surface area (TPSA) is 87.7 Å². The van der Waals surface area contributed by atoms with Gasteiger partial charge in [-0.25, -0.2) is 13.2 Å². The molecule has 0 unspecified atom stereocenters. The third-order valence-electron chi connectivity index (χ3n) is 2.15. The molecule has 0 aliphatic carbocycles. The van der Waals surface area contributed by atoms with Crippen molar-refractivity contribution in [1.82, 2.24) is 15.3 Å². The van der Waals surface area contributed by atoms with Crippen molar-refractivity contribution in [3.8, 4) is 0 Å². The van der Waals surface area contributed by atoms with E-state index in [0.29, 0.717) is 0 Å². The summed E-state index contributed by atoms with van der Waals surface area (Å²) >= 11 is 0. The maximum atomic E-state index is 12.1. The molecule has 114 valence electrons. The van der Waals surface area contributed by atoms with E-state index in [9.17, 15) is 13.2 Å². The molecule has 1 rings (SSSR count). The summed E-state index contributed by atoms with van der Waals surface area (Å²) in [6.07, 6.45) is 2.04. The minimum absolute atomic E-state index is 0.0203. The maximum absolute atomic E-state index is 12.1. The van der Waals surface area contributed by atoms with Crippen LogP contribution in [-0.2, 0) is 14.9 Å². The lowest BCUT2D eigenvalue weighted by atomic mass is 10.4. The van der Waals surface area contributed by atoms with Crippen LogP contribution in [0.3, 0.4) is 0 Å². The number of benzene rings is 1. The number of sulfonamides is 1. The molecule has 7 nitrogen and oxygen atoms in total. The molecule has 0 spiro atoms. The van der Waals surface area contributed by atoms with E-state index in [2.05, 4.69) is 23.3 Å². The van der Waals surface area contributed by atoms with E-state index < -0.39 is 16.1 Å². The molecule has 1 amide bonds. The molecular formula is C13H17N3O4S. The first-order valence-corrected chi connectivity index (χ1v) is 7.50. The van der Waals surface area contributed by atoms with Crippen LogP contribution in [0.25, 0.3) is 0 Å². The Morgan fingerprint density at radius 1 is 1.24 bits per heavy atom. The highest BCUT2D eigenvalue weighted by Gasteiger charge is 2.20. The van der Waals surface area contributed by atoms with Gasteiger partial charge in [0.15, 0.2) is 0 Å². The minimum Gasteiger partial charge on any atom is -0.334 e. The van der Waals surface area contributed by atoms with Crippen molar-refractivity contribution in [3.05, 3.63) is 55.6 Å². The fraction of sp³-hybridized carbons (Fsp3) is 0.154. The summed E-state index contributed by atoms with van der Waals surface area (Å²) in [5.74, 6) is 0. The molecule has 0 aliphatic rings. The zero-order chi connectivity index (χ0) is 15.7. The molecule has 0 aromatic heterocycles. The van der Waals surface area contributed by atoms with Crippen LogP contribution in [-0.4, -0.2) is 32.8 Å². The van der Waals surface area contributed by atoms with Gasteiger partial charge in [-0.05, 0) is 12.1 Å². The second-order valence-corrected chi connectivity index (χ2v) is 5.47. The van der Waals surface area contributed by atoms with Crippen LogP contribution in [0.5, 0.6) is 0 Å². The Hall–Kier alpha value is -2.16. The van der Waals surface area contributed by atoms with Crippen LogP contribution in [0, 0.1) is 0 Å². The predicted molar refractivity (Wildman–Crippen MR) is 78.3 cm³/mol. The Labute approximate surface area is 123 Å². The van der Waals surface area contributed by atoms with Gasteiger partial charge in [0.1, 0.15) is 0 Å². The number of hydrogen-bond donors (Lipinski definition) is 2. The van der Waals surface area contributed by atoms with Gasteiger partial charge in [0.25, 0.3) is 10.0 Å². The van der Waals surface area contributed by atoms with Crippen LogP contribution < -0.4 is 10.1 Å². The number of carbonyl (C=O) groups is 1. The number of rotatable bonds is 8. The lowest BCUT2D eigenvalue weighted by Crippen LogP contribution is -2.45. The van der Waals surface area contributed by atoms with Gasteiger partial charge in [-0.15, -0.1) is 18.0 Å². The first kappa shape index (κ1) is 16.9. The summed E-state index contributed by atoms with van der Waals surface area (Å²) in [4.78, 5) is 18.4. The standard InChI is InChI=1S/C13H17N3O4S/c1-3-10-14-13(17)20-16(11-4-2)15-21(18,19)12-8-6-5-7-9-12/h3-9,15H,1-2,10-11H2,(H,14,17). The molecule has 8 heteroatoms. The summed E-state index contributed by atoms with van der Waals surface area (Å²) in [5, 5.41) is 3.13. The second kappa shape index (κ2) is 8.20. The Morgan fingerprint density at radius 2 is 1.90 bits per heavy atom. The number of carbonyl (C=O) groups excluding carboxylic acids is 1. The van der Waals surface area contributed by atoms with Crippen LogP contribution >= 0.6 is 0 Å². The van der Waals surface area contributed by atoms with Gasteiger partial charge < -0.3 is 10.2 Å². The number of hydrogen-bond acceptors (Lipinski definition) is 5. The Morgan fingerprint density at radius 3 is 2.48 bits per heavy atom. The lowest BCUT2D eigenvalue weighted by molar-refractivity contribution is -0.110. The van der Waals surface area contributed by atoms with Crippen molar-refractivity contribution in [2.24, 2.45) is 0 Å². The van der Waals surface area contributed by atoms with Crippen molar-refractivity contribution < 1.29 is 18.0 Å². The molecule has 0 atom stereocenters. The molecule has 0 saturated carbocycles. The molecule has 0 heterocycles. The molecule has 1 aromatic carbocycles. The van der Waals surface area contributed by atoms with Gasteiger partial charge in [-0.1, -0.05) is 35.5 Å². The van der Waals surface area contributed by atoms with Crippen molar-refractivity contribution in [2.75, 3.05) is 13.1 Å². The SMILES string of the molecule is C=CCNC(=O)ON(CC=C)NS(=O)(=O)c1ccccc1. The summed E-state index contributed by atoms with van der Waals surface area (Å²) in [7, 11) is -3.84. The van der Waals surface area contributed by atoms with Crippen molar-refractivity contribution in [1.29, 1.82) is 0 Å². The first-order chi connectivity index (χ1) is 9.99. The van der Waals surface area contributed by atoms with E-state index in [1.807, 2.05) is 0 Å². The van der Waals surface area contributed by atoms with Gasteiger partial charge >= 0.3 is 6.09 Å². The quantitative estimate of drug-likeness (QED) is 0.556. The predicted octanol–water partition coefficient (Wildman–Crippen LogP) is 1.20. The zero-order valence-electron chi connectivity index (χ0n) is 11.4. The van der Waals surface area contributed by atoms with Crippen molar-refractivity contribution in [3.63, 3.8) is 0 Å². The smallest absolute Gasteiger partial charge is 0.334 e. The number of nitrogens with one attached hydrogen (secondary N) is 2. The van der Waals surface area contributed by atoms with Gasteiger partial charge in [0.05, 0.1) is 11.4 Å². The molecule has 0 fully saturated rings. The van der Waals surface area contributed by atoms with E-state index in [-0.39, 0.29) is 18.0 Å². The highest BCUT2D eigenvalue weighted by molar-refractivity contribution is 7.89. The molecule has 0 radical (unpaired) electrons. The van der Waals surface area contributed by atoms with Crippen molar-refractivity contribution in [2.45, 2.75) is 4.90 Å². The molecular weight excluding hydrogens is 294 g/mol. The van der Waals surface area contributed by atoms with Gasteiger partial charge in [-0.3, -0.25) is 0 Å². The monoisotopic (exact) mass is 311 g/mol. The van der Waals surface area contributed by atoms with E-state index in [0.717, 1.165) is 5.17 Å². The fourth-order valence-electron chi connectivity index (χ4n) is 1.28. The van der Waals surface area contributed by atoms with Crippen molar-refractivity contribution >= 4 is 16.1 Å². The summed E-state index contributed by atoms with van der Waals surface area (Å²) in [6, 6.07) is 7.71. The number of nitrogens with zero attached hydrogens (tertiary/aromatic N) is 1. The van der Waals surface area contributed by atoms with Crippen LogP contribution in [0.15, 0.2) is 60.5 Å². The highest BCUT2D eigenvalue weighted by Crippen LogP contribution is 2.08. The summed E-state index contributed by atoms with van der Waals surface area (Å²) < 4.78 is 24.2. The Bertz CT molecular complexity index is 587. The molecule has 0 bridgehead atoms. The van der Waals surface area contributed by atoms with E-state index in [1.54, 1.807) is 18.2 Å². The van der Waals surface area contributed by atoms with Gasteiger partial charge in [-0.2, -0.15) is 0 Å². The molecule has 2 N–H and O–H groups in total. The average molecular weight is 311 g/mol. The average Bonchev–Trinajstić information content (AvgIpc) is 2.46. The minimum atomic E-state index is -3.84. The second-order valence-electron chi connectivity index (χ2n) is 3.81. The Balaban J connectivity index is 2.76. The maximum Gasteiger partial charge on any atom is 0.427 e. The third kappa shape index (κ3) is 5.78. The lowest BCUT2D eigenvalue weighted by Gasteiger charge is -2.20. The van der Waals surface area contributed by atoms with Crippen LogP contribution in [0.1, 0.15) is 0 Å². The fourth-order valence-corrected chi connectivity index (χ4v) is 2.29. The normalized spacial score (nSPS) is 10.9. The van der Waals surface area contributed by atoms with E-state index >= 15 is 0 Å². The third-order valence-corrected chi connectivity index (χ3v) is 3.49. The number of hydrazine groups is 1. The Kier molecular flexibility index (Phi) is 6.60. The molecule has 0 aliphatic heterocycles. The molecule has 1 aromatic rings. The summed E-state index contributed by atoms with van der Waals surface area (Å²) in [5.41, 5.74) is 0. The van der Waals surface area contributed by atoms with Crippen LogP contribution in [0.4, 0.5) is 4.79 Å². The molecule has 21 heavy (non-hydrogen) atoms. The van der Waals surface area contributed by atoms with Crippen LogP contribution in [0.2, 0.25) is 0 Å². The van der Waals surface area contributed by atoms with E-state index in [1.165, 1.54) is 24.3 Å². The van der Waals surface area contributed by atoms with Gasteiger partial charge in [0, 0.05) is 6.54 Å². The largest absolute Gasteiger partial charge is 0.427 e. The van der Waals surface area contributed by atoms with E-state index in [4.69, 9.17) is 4.84 Å². The number of amides is 1. The molecule has 0 saturated heterocycles. The van der Waals surface area contributed by atoms with Gasteiger partial charge in [0.2, 0.25) is 0 Å². The summed E-state index contributed by atoms with van der Waals surface area (Å²) in [6.45, 7) is 7.08. The number of hydroxylamine groups is 1. The first-order valence-electron chi connectivity index (χ1n) is 6.02. The zero-order valence-corrected chi connectivity index (χ0v) is 12.2. The highest BCUT2D eigenvalue weighted by atomic mass is 32.2.